The summed E-state index contributed by atoms with van der Waals surface area (Å²) in [5.41, 5.74) is 4.87. The summed E-state index contributed by atoms with van der Waals surface area (Å²) in [5.74, 6) is 0. The fourth-order valence-corrected chi connectivity index (χ4v) is 10.9. The first-order valence-corrected chi connectivity index (χ1v) is 14.5. The van der Waals surface area contributed by atoms with E-state index < -0.39 is 24.1 Å². The zero-order valence-electron chi connectivity index (χ0n) is 18.1. The molecule has 3 aromatic rings. The van der Waals surface area contributed by atoms with E-state index in [0.717, 1.165) is 29.3 Å². The van der Waals surface area contributed by atoms with Crippen LogP contribution in [0.4, 0.5) is 0 Å². The summed E-state index contributed by atoms with van der Waals surface area (Å²) in [6, 6.07) is 21.6. The van der Waals surface area contributed by atoms with Crippen molar-refractivity contribution in [2.24, 2.45) is 0 Å². The Morgan fingerprint density at radius 3 is 1.87 bits per heavy atom. The summed E-state index contributed by atoms with van der Waals surface area (Å²) in [6.45, 7) is 8.43. The first-order valence-electron chi connectivity index (χ1n) is 10.4. The van der Waals surface area contributed by atoms with Crippen LogP contribution in [-0.2, 0) is 29.3 Å². The van der Waals surface area contributed by atoms with Gasteiger partial charge < -0.3 is 0 Å². The van der Waals surface area contributed by atoms with Crippen LogP contribution >= 0.6 is 0 Å². The van der Waals surface area contributed by atoms with E-state index in [4.69, 9.17) is 0 Å². The number of sulfonamides is 1. The summed E-state index contributed by atoms with van der Waals surface area (Å²) in [5, 5.41) is 0. The minimum atomic E-state index is -3.63. The molecule has 0 bridgehead atoms. The van der Waals surface area contributed by atoms with Crippen molar-refractivity contribution in [1.82, 2.24) is 3.74 Å². The summed E-state index contributed by atoms with van der Waals surface area (Å²) < 4.78 is 32.1. The van der Waals surface area contributed by atoms with Crippen LogP contribution in [0.2, 0.25) is 0 Å². The van der Waals surface area contributed by atoms with E-state index in [2.05, 4.69) is 48.8 Å². The third kappa shape index (κ3) is 5.04. The van der Waals surface area contributed by atoms with Crippen molar-refractivity contribution >= 4 is 33.1 Å². The van der Waals surface area contributed by atoms with E-state index >= 15 is 0 Å². The Hall–Kier alpha value is -1.91. The van der Waals surface area contributed by atoms with Crippen LogP contribution in [0.5, 0.6) is 0 Å². The number of rotatable bonds is 8. The van der Waals surface area contributed by atoms with Gasteiger partial charge in [-0.3, -0.25) is 0 Å². The standard InChI is InChI=1S/C25H30NO2SSe/c1-5-20-17-21(6-2)25(22(7-3)18-20)30(24-11-9-8-10-12-24)26-29(27,28)23-15-13-19(4)14-16-23/h8-18,26H,5-7H2,1-4H3/q+1. The van der Waals surface area contributed by atoms with Crippen molar-refractivity contribution in [3.05, 3.63) is 89.0 Å². The first kappa shape index (κ1) is 22.8. The Kier molecular flexibility index (Phi) is 7.54. The molecule has 0 heterocycles. The molecule has 0 saturated heterocycles. The second-order valence-electron chi connectivity index (χ2n) is 7.32. The van der Waals surface area contributed by atoms with Gasteiger partial charge in [0.1, 0.15) is 0 Å². The summed E-state index contributed by atoms with van der Waals surface area (Å²) in [4.78, 5) is 0.319. The molecule has 1 atom stereocenters. The monoisotopic (exact) mass is 488 g/mol. The van der Waals surface area contributed by atoms with Gasteiger partial charge in [0.2, 0.25) is 0 Å². The van der Waals surface area contributed by atoms with E-state index in [0.29, 0.717) is 4.90 Å². The summed E-state index contributed by atoms with van der Waals surface area (Å²) >= 11 is -2.06. The van der Waals surface area contributed by atoms with Crippen LogP contribution in [0.3, 0.4) is 0 Å². The molecule has 0 aliphatic heterocycles. The number of hydrogen-bond donors (Lipinski definition) is 1. The van der Waals surface area contributed by atoms with Gasteiger partial charge >= 0.3 is 186 Å². The molecular weight excluding hydrogens is 457 g/mol. The van der Waals surface area contributed by atoms with Gasteiger partial charge in [0.25, 0.3) is 0 Å². The molecule has 0 saturated carbocycles. The molecule has 3 aromatic carbocycles. The van der Waals surface area contributed by atoms with Crippen molar-refractivity contribution in [3.8, 4) is 0 Å². The molecule has 5 heteroatoms. The Balaban J connectivity index is 2.17. The quantitative estimate of drug-likeness (QED) is 0.492. The zero-order valence-corrected chi connectivity index (χ0v) is 20.6. The number of hydrogen-bond acceptors (Lipinski definition) is 2. The molecule has 0 aliphatic carbocycles. The maximum absolute atomic E-state index is 13.3. The van der Waals surface area contributed by atoms with Crippen LogP contribution < -0.4 is 12.7 Å². The van der Waals surface area contributed by atoms with Crippen molar-refractivity contribution in [1.29, 1.82) is 0 Å². The van der Waals surface area contributed by atoms with Crippen molar-refractivity contribution in [3.63, 3.8) is 0 Å². The van der Waals surface area contributed by atoms with Gasteiger partial charge in [-0.05, 0) is 0 Å². The number of nitrogens with one attached hydrogen (secondary N) is 1. The van der Waals surface area contributed by atoms with Gasteiger partial charge in [-0.2, -0.15) is 0 Å². The van der Waals surface area contributed by atoms with Crippen molar-refractivity contribution in [2.75, 3.05) is 0 Å². The van der Waals surface area contributed by atoms with E-state index in [1.165, 1.54) is 21.2 Å². The fraction of sp³-hybridized carbons (Fsp3) is 0.280. The van der Waals surface area contributed by atoms with Crippen LogP contribution in [-0.4, -0.2) is 22.5 Å². The minimum absolute atomic E-state index is 0.319. The number of benzene rings is 3. The zero-order chi connectivity index (χ0) is 21.7. The Labute approximate surface area is 185 Å². The molecule has 0 aromatic heterocycles. The molecule has 0 aliphatic rings. The molecule has 0 amide bonds. The third-order valence-electron chi connectivity index (χ3n) is 5.18. The van der Waals surface area contributed by atoms with Crippen molar-refractivity contribution < 1.29 is 8.42 Å². The van der Waals surface area contributed by atoms with Gasteiger partial charge in [-0.15, -0.1) is 0 Å². The molecule has 0 fully saturated rings. The fourth-order valence-electron chi connectivity index (χ4n) is 3.46. The molecule has 0 spiro atoms. The third-order valence-corrected chi connectivity index (χ3v) is 12.4. The Morgan fingerprint density at radius 1 is 0.800 bits per heavy atom. The molecule has 1 N–H and O–H groups in total. The average Bonchev–Trinajstić information content (AvgIpc) is 2.77. The van der Waals surface area contributed by atoms with Gasteiger partial charge in [-0.1, -0.05) is 0 Å². The maximum atomic E-state index is 13.3. The van der Waals surface area contributed by atoms with Gasteiger partial charge in [0, 0.05) is 0 Å². The average molecular weight is 488 g/mol. The molecular formula is C25H30NO2SSe+. The molecule has 30 heavy (non-hydrogen) atoms. The normalized spacial score (nSPS) is 12.7. The van der Waals surface area contributed by atoms with Gasteiger partial charge in [-0.25, -0.2) is 0 Å². The van der Waals surface area contributed by atoms with E-state index in [1.54, 1.807) is 12.1 Å². The first-order chi connectivity index (χ1) is 14.4. The van der Waals surface area contributed by atoms with Crippen molar-refractivity contribution in [2.45, 2.75) is 51.9 Å². The summed E-state index contributed by atoms with van der Waals surface area (Å²) in [6.07, 6.45) is 2.75. The van der Waals surface area contributed by atoms with Crippen LogP contribution in [0.1, 0.15) is 43.0 Å². The predicted molar refractivity (Wildman–Crippen MR) is 128 cm³/mol. The van der Waals surface area contributed by atoms with E-state index in [-0.39, 0.29) is 0 Å². The second-order valence-corrected chi connectivity index (χ2v) is 13.1. The Morgan fingerprint density at radius 2 is 1.37 bits per heavy atom. The predicted octanol–water partition coefficient (Wildman–Crippen LogP) is 3.77. The molecule has 0 radical (unpaired) electrons. The van der Waals surface area contributed by atoms with Crippen LogP contribution in [0.15, 0.2) is 71.6 Å². The number of aryl methyl sites for hydroxylation is 4. The van der Waals surface area contributed by atoms with Crippen LogP contribution in [0, 0.1) is 6.92 Å². The van der Waals surface area contributed by atoms with E-state index in [9.17, 15) is 8.42 Å². The molecule has 3 rings (SSSR count). The summed E-state index contributed by atoms with van der Waals surface area (Å²) in [7, 11) is -3.63. The van der Waals surface area contributed by atoms with E-state index in [1.807, 2.05) is 37.3 Å². The SMILES string of the molecule is CCc1cc(CC)c([Se+](NS(=O)(=O)c2ccc(C)cc2)c2ccccc2)c(CC)c1. The van der Waals surface area contributed by atoms with Gasteiger partial charge in [0.05, 0.1) is 0 Å². The Bertz CT molecular complexity index is 1070. The topological polar surface area (TPSA) is 46.2 Å². The second kappa shape index (κ2) is 9.93. The molecule has 158 valence electrons. The molecule has 1 unspecified atom stereocenters. The van der Waals surface area contributed by atoms with Gasteiger partial charge in [0.15, 0.2) is 0 Å². The van der Waals surface area contributed by atoms with Crippen LogP contribution in [0.25, 0.3) is 0 Å². The molecule has 3 nitrogen and oxygen atoms in total.